The molecule has 0 amide bonds. The summed E-state index contributed by atoms with van der Waals surface area (Å²) in [6, 6.07) is 2.29. The van der Waals surface area contributed by atoms with Crippen LogP contribution in [0.3, 0.4) is 0 Å². The summed E-state index contributed by atoms with van der Waals surface area (Å²) in [6.45, 7) is 1.78. The monoisotopic (exact) mass is 251 g/mol. The van der Waals surface area contributed by atoms with Crippen LogP contribution >= 0.6 is 0 Å². The van der Waals surface area contributed by atoms with Gasteiger partial charge in [-0.25, -0.2) is 8.78 Å². The number of carbonyl (C=O) groups is 1. The molecule has 0 radical (unpaired) electrons. The van der Waals surface area contributed by atoms with Gasteiger partial charge in [0.05, 0.1) is 0 Å². The number of fused-ring (bicyclic) bond motifs is 3. The highest BCUT2D eigenvalue weighted by molar-refractivity contribution is 5.99. The molecule has 2 aliphatic rings. The summed E-state index contributed by atoms with van der Waals surface area (Å²) in [5.74, 6) is -1.38. The van der Waals surface area contributed by atoms with Crippen LogP contribution in [-0.2, 0) is 0 Å². The number of ketones is 1. The van der Waals surface area contributed by atoms with Gasteiger partial charge in [-0.15, -0.1) is 0 Å². The number of hydrogen-bond acceptors (Lipinski definition) is 2. The molecule has 1 saturated heterocycles. The van der Waals surface area contributed by atoms with Gasteiger partial charge in [-0.05, 0) is 43.6 Å². The third-order valence-corrected chi connectivity index (χ3v) is 4.20. The Hall–Kier alpha value is -1.29. The first-order valence-electron chi connectivity index (χ1n) is 6.27. The Bertz CT molecular complexity index is 515. The van der Waals surface area contributed by atoms with Gasteiger partial charge in [0, 0.05) is 24.4 Å². The first-order chi connectivity index (χ1) is 8.56. The van der Waals surface area contributed by atoms with Crippen LogP contribution in [0.5, 0.6) is 0 Å². The average molecular weight is 251 g/mol. The van der Waals surface area contributed by atoms with Crippen molar-refractivity contribution in [1.29, 1.82) is 0 Å². The van der Waals surface area contributed by atoms with E-state index in [4.69, 9.17) is 0 Å². The standard InChI is InChI=1S/C14H15F2NO/c1-17-3-2-8-4-14(18)10-6-13(16)12(15)5-9(10)11(8)7-17/h5-6,8,11H,2-4,7H2,1H3/t8-,11-/m0/s1. The molecule has 1 aromatic rings. The van der Waals surface area contributed by atoms with Gasteiger partial charge in [-0.2, -0.15) is 0 Å². The molecule has 0 saturated carbocycles. The van der Waals surface area contributed by atoms with Crippen LogP contribution in [0.2, 0.25) is 0 Å². The molecule has 1 aromatic carbocycles. The Morgan fingerprint density at radius 3 is 2.78 bits per heavy atom. The number of carbonyl (C=O) groups excluding carboxylic acids is 1. The van der Waals surface area contributed by atoms with Crippen LogP contribution in [0, 0.1) is 17.6 Å². The van der Waals surface area contributed by atoms with Gasteiger partial charge in [-0.1, -0.05) is 0 Å². The minimum absolute atomic E-state index is 0.0466. The van der Waals surface area contributed by atoms with Gasteiger partial charge in [0.15, 0.2) is 17.4 Å². The maximum Gasteiger partial charge on any atom is 0.163 e. The molecule has 1 heterocycles. The smallest absolute Gasteiger partial charge is 0.163 e. The van der Waals surface area contributed by atoms with Gasteiger partial charge in [-0.3, -0.25) is 4.79 Å². The lowest BCUT2D eigenvalue weighted by molar-refractivity contribution is 0.0886. The predicted molar refractivity (Wildman–Crippen MR) is 63.7 cm³/mol. The van der Waals surface area contributed by atoms with E-state index >= 15 is 0 Å². The molecule has 4 heteroatoms. The van der Waals surface area contributed by atoms with Crippen LogP contribution < -0.4 is 0 Å². The van der Waals surface area contributed by atoms with Crippen molar-refractivity contribution in [3.8, 4) is 0 Å². The molecular weight excluding hydrogens is 236 g/mol. The number of rotatable bonds is 0. The Morgan fingerprint density at radius 1 is 1.28 bits per heavy atom. The lowest BCUT2D eigenvalue weighted by Gasteiger charge is -2.40. The van der Waals surface area contributed by atoms with Crippen LogP contribution in [0.15, 0.2) is 12.1 Å². The van der Waals surface area contributed by atoms with Crippen molar-refractivity contribution >= 4 is 5.78 Å². The molecule has 0 N–H and O–H groups in total. The molecule has 1 fully saturated rings. The lowest BCUT2D eigenvalue weighted by Crippen LogP contribution is -2.40. The molecule has 2 nitrogen and oxygen atoms in total. The van der Waals surface area contributed by atoms with E-state index in [0.29, 0.717) is 17.5 Å². The van der Waals surface area contributed by atoms with Crippen LogP contribution in [0.1, 0.15) is 34.7 Å². The summed E-state index contributed by atoms with van der Waals surface area (Å²) in [5.41, 5.74) is 1.08. The summed E-state index contributed by atoms with van der Waals surface area (Å²) in [4.78, 5) is 14.2. The maximum atomic E-state index is 13.4. The molecule has 96 valence electrons. The van der Waals surface area contributed by atoms with E-state index in [9.17, 15) is 13.6 Å². The van der Waals surface area contributed by atoms with Crippen molar-refractivity contribution in [3.05, 3.63) is 34.9 Å². The Balaban J connectivity index is 2.09. The molecule has 0 aromatic heterocycles. The lowest BCUT2D eigenvalue weighted by atomic mass is 9.71. The first-order valence-corrected chi connectivity index (χ1v) is 6.27. The number of likely N-dealkylation sites (N-methyl/N-ethyl adjacent to an activating group) is 1. The molecule has 1 aliphatic heterocycles. The van der Waals surface area contributed by atoms with Crippen LogP contribution in [0.4, 0.5) is 8.78 Å². The fourth-order valence-corrected chi connectivity index (χ4v) is 3.22. The SMILES string of the molecule is CN1CC[C@H]2CC(=O)c3cc(F)c(F)cc3[C@H]2C1. The number of Topliss-reactive ketones (excluding diaryl/α,β-unsaturated/α-hetero) is 1. The van der Waals surface area contributed by atoms with Crippen molar-refractivity contribution in [3.63, 3.8) is 0 Å². The topological polar surface area (TPSA) is 20.3 Å². The van der Waals surface area contributed by atoms with Gasteiger partial charge in [0.25, 0.3) is 0 Å². The van der Waals surface area contributed by atoms with E-state index in [0.717, 1.165) is 25.6 Å². The Morgan fingerprint density at radius 2 is 2.00 bits per heavy atom. The largest absolute Gasteiger partial charge is 0.306 e. The number of halogens is 2. The highest BCUT2D eigenvalue weighted by Crippen LogP contribution is 2.41. The molecule has 3 rings (SSSR count). The number of nitrogens with zero attached hydrogens (tertiary/aromatic N) is 1. The molecule has 18 heavy (non-hydrogen) atoms. The number of hydrogen-bond donors (Lipinski definition) is 0. The highest BCUT2D eigenvalue weighted by atomic mass is 19.2. The van der Waals surface area contributed by atoms with Crippen molar-refractivity contribution < 1.29 is 13.6 Å². The molecular formula is C14H15F2NO. The van der Waals surface area contributed by atoms with Crippen molar-refractivity contribution in [2.75, 3.05) is 20.1 Å². The molecule has 0 bridgehead atoms. The minimum atomic E-state index is -0.926. The van der Waals surface area contributed by atoms with Gasteiger partial charge < -0.3 is 4.90 Å². The molecule has 1 aliphatic carbocycles. The first kappa shape index (κ1) is 11.8. The second kappa shape index (κ2) is 4.12. The van der Waals surface area contributed by atoms with E-state index in [2.05, 4.69) is 4.90 Å². The van der Waals surface area contributed by atoms with E-state index in [1.54, 1.807) is 0 Å². The third kappa shape index (κ3) is 1.75. The minimum Gasteiger partial charge on any atom is -0.306 e. The van der Waals surface area contributed by atoms with Crippen molar-refractivity contribution in [2.45, 2.75) is 18.8 Å². The normalized spacial score (nSPS) is 27.8. The van der Waals surface area contributed by atoms with Gasteiger partial charge >= 0.3 is 0 Å². The second-order valence-electron chi connectivity index (χ2n) is 5.40. The van der Waals surface area contributed by atoms with E-state index < -0.39 is 11.6 Å². The summed E-state index contributed by atoms with van der Waals surface area (Å²) < 4.78 is 26.6. The molecule has 0 unspecified atom stereocenters. The summed E-state index contributed by atoms with van der Waals surface area (Å²) in [6.07, 6.45) is 1.42. The fourth-order valence-electron chi connectivity index (χ4n) is 3.22. The van der Waals surface area contributed by atoms with E-state index in [1.165, 1.54) is 6.07 Å². The quantitative estimate of drug-likeness (QED) is 0.706. The average Bonchev–Trinajstić information content (AvgIpc) is 2.33. The fraction of sp³-hybridized carbons (Fsp3) is 0.500. The van der Waals surface area contributed by atoms with Crippen molar-refractivity contribution in [1.82, 2.24) is 4.90 Å². The Kier molecular flexibility index (Phi) is 2.70. The zero-order valence-electron chi connectivity index (χ0n) is 10.2. The van der Waals surface area contributed by atoms with Crippen molar-refractivity contribution in [2.24, 2.45) is 5.92 Å². The summed E-state index contributed by atoms with van der Waals surface area (Å²) >= 11 is 0. The van der Waals surface area contributed by atoms with Crippen LogP contribution in [0.25, 0.3) is 0 Å². The molecule has 2 atom stereocenters. The second-order valence-corrected chi connectivity index (χ2v) is 5.40. The Labute approximate surface area is 105 Å². The summed E-state index contributed by atoms with van der Waals surface area (Å²) in [5, 5.41) is 0. The third-order valence-electron chi connectivity index (χ3n) is 4.20. The van der Waals surface area contributed by atoms with E-state index in [1.807, 2.05) is 7.05 Å². The zero-order valence-corrected chi connectivity index (χ0v) is 10.2. The van der Waals surface area contributed by atoms with Crippen LogP contribution in [-0.4, -0.2) is 30.8 Å². The van der Waals surface area contributed by atoms with Gasteiger partial charge in [0.1, 0.15) is 0 Å². The predicted octanol–water partition coefficient (Wildman–Crippen LogP) is 2.59. The highest BCUT2D eigenvalue weighted by Gasteiger charge is 2.37. The summed E-state index contributed by atoms with van der Waals surface area (Å²) in [7, 11) is 2.02. The number of piperidine rings is 1. The molecule has 0 spiro atoms. The van der Waals surface area contributed by atoms with E-state index in [-0.39, 0.29) is 17.6 Å². The number of likely N-dealkylation sites (tertiary alicyclic amines) is 1. The zero-order chi connectivity index (χ0) is 12.9. The maximum absolute atomic E-state index is 13.4. The number of benzene rings is 1. The van der Waals surface area contributed by atoms with Gasteiger partial charge in [0.2, 0.25) is 0 Å².